The number of sulfonamides is 1. The van der Waals surface area contributed by atoms with Crippen LogP contribution in [0.1, 0.15) is 43.9 Å². The van der Waals surface area contributed by atoms with Gasteiger partial charge in [-0.25, -0.2) is 12.8 Å². The second kappa shape index (κ2) is 16.2. The lowest BCUT2D eigenvalue weighted by molar-refractivity contribution is -0.140. The average molecular weight is 660 g/mol. The third-order valence-electron chi connectivity index (χ3n) is 7.86. The van der Waals surface area contributed by atoms with Crippen LogP contribution in [0.25, 0.3) is 0 Å². The van der Waals surface area contributed by atoms with Gasteiger partial charge in [0.1, 0.15) is 24.2 Å². The highest BCUT2D eigenvalue weighted by atomic mass is 32.2. The molecule has 47 heavy (non-hydrogen) atoms. The van der Waals surface area contributed by atoms with E-state index in [0.717, 1.165) is 15.4 Å². The van der Waals surface area contributed by atoms with Crippen molar-refractivity contribution in [3.63, 3.8) is 0 Å². The molecule has 0 spiro atoms. The minimum absolute atomic E-state index is 0.0187. The molecule has 0 heterocycles. The topological polar surface area (TPSA) is 96.0 Å². The summed E-state index contributed by atoms with van der Waals surface area (Å²) < 4.78 is 48.9. The van der Waals surface area contributed by atoms with Crippen LogP contribution in [0.5, 0.6) is 5.75 Å². The van der Waals surface area contributed by atoms with Gasteiger partial charge in [-0.1, -0.05) is 67.1 Å². The summed E-state index contributed by atoms with van der Waals surface area (Å²) in [6.07, 6.45) is 0.861. The third-order valence-corrected chi connectivity index (χ3v) is 9.65. The van der Waals surface area contributed by atoms with E-state index in [2.05, 4.69) is 5.32 Å². The fraction of sp³-hybridized carbons (Fsp3) is 0.297. The Morgan fingerprint density at radius 1 is 0.851 bits per heavy atom. The van der Waals surface area contributed by atoms with Crippen molar-refractivity contribution in [2.75, 3.05) is 17.5 Å². The van der Waals surface area contributed by atoms with Crippen molar-refractivity contribution in [3.05, 3.63) is 126 Å². The van der Waals surface area contributed by atoms with Gasteiger partial charge in [0.25, 0.3) is 10.0 Å². The van der Waals surface area contributed by atoms with E-state index < -0.39 is 34.3 Å². The fourth-order valence-electron chi connectivity index (χ4n) is 5.02. The van der Waals surface area contributed by atoms with Gasteiger partial charge >= 0.3 is 0 Å². The molecule has 248 valence electrons. The smallest absolute Gasteiger partial charge is 0.264 e. The van der Waals surface area contributed by atoms with E-state index >= 15 is 0 Å². The molecular formula is C37H42FN3O5S. The Kier molecular flexibility index (Phi) is 12.1. The maximum Gasteiger partial charge on any atom is 0.264 e. The molecule has 10 heteroatoms. The minimum atomic E-state index is -4.24. The fourth-order valence-corrected chi connectivity index (χ4v) is 6.44. The maximum absolute atomic E-state index is 14.5. The summed E-state index contributed by atoms with van der Waals surface area (Å²) in [5.41, 5.74) is 2.55. The molecule has 0 aromatic heterocycles. The first-order chi connectivity index (χ1) is 22.5. The van der Waals surface area contributed by atoms with Gasteiger partial charge in [0, 0.05) is 19.0 Å². The van der Waals surface area contributed by atoms with Crippen molar-refractivity contribution < 1.29 is 27.1 Å². The van der Waals surface area contributed by atoms with Crippen LogP contribution in [0.4, 0.5) is 10.1 Å². The number of hydrogen-bond acceptors (Lipinski definition) is 5. The summed E-state index contributed by atoms with van der Waals surface area (Å²) in [5.74, 6) is -0.850. The molecule has 4 rings (SSSR count). The number of amides is 2. The Morgan fingerprint density at radius 3 is 2.09 bits per heavy atom. The lowest BCUT2D eigenvalue weighted by atomic mass is 10.0. The molecule has 0 saturated carbocycles. The average Bonchev–Trinajstić information content (AvgIpc) is 3.07. The van der Waals surface area contributed by atoms with Gasteiger partial charge in [0.2, 0.25) is 11.8 Å². The van der Waals surface area contributed by atoms with Crippen molar-refractivity contribution in [2.24, 2.45) is 0 Å². The predicted octanol–water partition coefficient (Wildman–Crippen LogP) is 6.28. The molecule has 0 saturated heterocycles. The highest BCUT2D eigenvalue weighted by Gasteiger charge is 2.35. The van der Waals surface area contributed by atoms with Crippen LogP contribution in [-0.4, -0.2) is 50.4 Å². The minimum Gasteiger partial charge on any atom is -0.494 e. The zero-order chi connectivity index (χ0) is 34.0. The standard InChI is InChI=1S/C37H42FN3O5S/c1-5-28(4)39-37(43)35(24-29-10-8-7-9-11-29)40(25-30-14-16-31(38)17-15-30)36(42)26-41(32-18-20-33(21-19-32)46-6-2)47(44,45)34-22-12-27(3)13-23-34/h7-23,28,35H,5-6,24-26H2,1-4H3,(H,39,43)/t28-,35+/m0/s1. The molecule has 0 bridgehead atoms. The first kappa shape index (κ1) is 35.2. The third kappa shape index (κ3) is 9.42. The van der Waals surface area contributed by atoms with E-state index in [1.807, 2.05) is 58.0 Å². The van der Waals surface area contributed by atoms with Crippen LogP contribution in [0.2, 0.25) is 0 Å². The van der Waals surface area contributed by atoms with E-state index in [4.69, 9.17) is 4.74 Å². The Labute approximate surface area is 277 Å². The molecule has 2 amide bonds. The van der Waals surface area contributed by atoms with Gasteiger partial charge in [-0.05, 0) is 86.8 Å². The molecule has 4 aromatic carbocycles. The number of hydrogen-bond donors (Lipinski definition) is 1. The Balaban J connectivity index is 1.80. The van der Waals surface area contributed by atoms with Gasteiger partial charge in [0.05, 0.1) is 17.2 Å². The number of halogens is 1. The first-order valence-corrected chi connectivity index (χ1v) is 17.2. The Hall–Kier alpha value is -4.70. The van der Waals surface area contributed by atoms with Gasteiger partial charge in [-0.2, -0.15) is 0 Å². The molecule has 4 aromatic rings. The summed E-state index contributed by atoms with van der Waals surface area (Å²) in [4.78, 5) is 29.8. The van der Waals surface area contributed by atoms with Crippen molar-refractivity contribution in [3.8, 4) is 5.75 Å². The zero-order valence-electron chi connectivity index (χ0n) is 27.2. The van der Waals surface area contributed by atoms with Gasteiger partial charge in [-0.15, -0.1) is 0 Å². The van der Waals surface area contributed by atoms with Crippen molar-refractivity contribution in [1.29, 1.82) is 0 Å². The number of anilines is 1. The van der Waals surface area contributed by atoms with E-state index in [0.29, 0.717) is 24.3 Å². The number of benzene rings is 4. The molecule has 0 fully saturated rings. The van der Waals surface area contributed by atoms with Crippen molar-refractivity contribution >= 4 is 27.5 Å². The Bertz CT molecular complexity index is 1720. The monoisotopic (exact) mass is 659 g/mol. The maximum atomic E-state index is 14.5. The SMILES string of the molecule is CCOc1ccc(N(CC(=O)N(Cc2ccc(F)cc2)[C@H](Cc2ccccc2)C(=O)N[C@@H](C)CC)S(=O)(=O)c2ccc(C)cc2)cc1. The van der Waals surface area contributed by atoms with Crippen LogP contribution >= 0.6 is 0 Å². The lowest BCUT2D eigenvalue weighted by Gasteiger charge is -2.34. The normalized spacial score (nSPS) is 12.5. The summed E-state index contributed by atoms with van der Waals surface area (Å²) >= 11 is 0. The summed E-state index contributed by atoms with van der Waals surface area (Å²) in [7, 11) is -4.24. The predicted molar refractivity (Wildman–Crippen MR) is 182 cm³/mol. The molecule has 1 N–H and O–H groups in total. The largest absolute Gasteiger partial charge is 0.494 e. The zero-order valence-corrected chi connectivity index (χ0v) is 28.0. The van der Waals surface area contributed by atoms with Crippen molar-refractivity contribution in [2.45, 2.75) is 64.1 Å². The van der Waals surface area contributed by atoms with E-state index in [9.17, 15) is 22.4 Å². The molecule has 0 unspecified atom stereocenters. The summed E-state index contributed by atoms with van der Waals surface area (Å²) in [6, 6.07) is 26.7. The molecule has 0 aliphatic carbocycles. The first-order valence-electron chi connectivity index (χ1n) is 15.7. The van der Waals surface area contributed by atoms with Crippen LogP contribution in [0, 0.1) is 12.7 Å². The molecule has 0 aliphatic heterocycles. The van der Waals surface area contributed by atoms with Crippen LogP contribution in [0.15, 0.2) is 108 Å². The lowest BCUT2D eigenvalue weighted by Crippen LogP contribution is -2.54. The van der Waals surface area contributed by atoms with Crippen molar-refractivity contribution in [1.82, 2.24) is 10.2 Å². The molecule has 8 nitrogen and oxygen atoms in total. The van der Waals surface area contributed by atoms with E-state index in [1.54, 1.807) is 48.5 Å². The van der Waals surface area contributed by atoms with E-state index in [-0.39, 0.29) is 35.5 Å². The molecule has 0 aliphatic rings. The number of nitrogens with zero attached hydrogens (tertiary/aromatic N) is 2. The molecule has 2 atom stereocenters. The molecule has 0 radical (unpaired) electrons. The molecular weight excluding hydrogens is 617 g/mol. The second-order valence-electron chi connectivity index (χ2n) is 11.4. The summed E-state index contributed by atoms with van der Waals surface area (Å²) in [5, 5.41) is 3.01. The van der Waals surface area contributed by atoms with E-state index in [1.165, 1.54) is 29.2 Å². The number of nitrogens with one attached hydrogen (secondary N) is 1. The Morgan fingerprint density at radius 2 is 1.49 bits per heavy atom. The van der Waals surface area contributed by atoms with Gasteiger partial charge in [-0.3, -0.25) is 13.9 Å². The summed E-state index contributed by atoms with van der Waals surface area (Å²) in [6.45, 7) is 7.33. The number of carbonyl (C=O) groups excluding carboxylic acids is 2. The number of aryl methyl sites for hydroxylation is 1. The van der Waals surface area contributed by atoms with Crippen LogP contribution in [0.3, 0.4) is 0 Å². The van der Waals surface area contributed by atoms with Crippen LogP contribution < -0.4 is 14.4 Å². The van der Waals surface area contributed by atoms with Gasteiger partial charge < -0.3 is 15.0 Å². The number of carbonyl (C=O) groups is 2. The van der Waals surface area contributed by atoms with Crippen LogP contribution in [-0.2, 0) is 32.6 Å². The quantitative estimate of drug-likeness (QED) is 0.162. The number of rotatable bonds is 15. The van der Waals surface area contributed by atoms with Gasteiger partial charge in [0.15, 0.2) is 0 Å². The highest BCUT2D eigenvalue weighted by Crippen LogP contribution is 2.27. The number of ether oxygens (including phenoxy) is 1. The second-order valence-corrected chi connectivity index (χ2v) is 13.3. The highest BCUT2D eigenvalue weighted by molar-refractivity contribution is 7.92.